The molecule has 120 valence electrons. The van der Waals surface area contributed by atoms with E-state index >= 15 is 0 Å². The molecule has 0 rings (SSSR count). The number of Topliss-reactive ketones (excluding diaryl/α,β-unsaturated/α-hetero) is 1. The fourth-order valence-electron chi connectivity index (χ4n) is 2.12. The molecule has 5 heteroatoms. The van der Waals surface area contributed by atoms with E-state index in [2.05, 4.69) is 6.92 Å². The summed E-state index contributed by atoms with van der Waals surface area (Å²) in [5, 5.41) is 26.0. The fourth-order valence-corrected chi connectivity index (χ4v) is 2.37. The van der Waals surface area contributed by atoms with Crippen LogP contribution in [0.2, 0.25) is 0 Å². The molecule has 0 heterocycles. The average Bonchev–Trinajstić information content (AvgIpc) is 2.44. The highest BCUT2D eigenvalue weighted by molar-refractivity contribution is 7.20. The summed E-state index contributed by atoms with van der Waals surface area (Å²) in [6.07, 6.45) is 9.25. The Labute approximate surface area is 125 Å². The predicted octanol–water partition coefficient (Wildman–Crippen LogP) is 2.39. The van der Waals surface area contributed by atoms with E-state index in [-0.39, 0.29) is 6.42 Å². The average molecular weight is 306 g/mol. The Morgan fingerprint density at radius 2 is 1.50 bits per heavy atom. The molecular formula is C15H31O4P. The van der Waals surface area contributed by atoms with Gasteiger partial charge in [-0.2, -0.15) is 0 Å². The smallest absolute Gasteiger partial charge is 0.170 e. The molecule has 0 aliphatic carbocycles. The van der Waals surface area contributed by atoms with Crippen LogP contribution in [0.4, 0.5) is 0 Å². The quantitative estimate of drug-likeness (QED) is 0.361. The molecule has 0 aliphatic heterocycles. The van der Waals surface area contributed by atoms with Gasteiger partial charge in [0.2, 0.25) is 0 Å². The topological polar surface area (TPSA) is 77.8 Å². The van der Waals surface area contributed by atoms with Crippen LogP contribution in [0.1, 0.15) is 71.1 Å². The number of aliphatic hydroxyl groups is 3. The minimum atomic E-state index is -1.91. The molecule has 3 unspecified atom stereocenters. The third-order valence-corrected chi connectivity index (χ3v) is 4.34. The van der Waals surface area contributed by atoms with Crippen molar-refractivity contribution in [3.63, 3.8) is 0 Å². The summed E-state index contributed by atoms with van der Waals surface area (Å²) in [5.74, 6) is -0.424. The first-order valence-electron chi connectivity index (χ1n) is 7.80. The van der Waals surface area contributed by atoms with Crippen molar-refractivity contribution in [2.45, 2.75) is 82.6 Å². The largest absolute Gasteiger partial charge is 0.394 e. The van der Waals surface area contributed by atoms with Crippen molar-refractivity contribution < 1.29 is 20.1 Å². The molecule has 3 atom stereocenters. The van der Waals surface area contributed by atoms with Crippen molar-refractivity contribution in [2.75, 3.05) is 6.61 Å². The number of carbonyl (C=O) groups is 1. The molecule has 20 heavy (non-hydrogen) atoms. The highest BCUT2D eigenvalue weighted by Crippen LogP contribution is 2.23. The van der Waals surface area contributed by atoms with Gasteiger partial charge >= 0.3 is 0 Å². The summed E-state index contributed by atoms with van der Waals surface area (Å²) in [7, 11) is 1.94. The molecule has 0 aromatic carbocycles. The minimum Gasteiger partial charge on any atom is -0.394 e. The predicted molar refractivity (Wildman–Crippen MR) is 84.6 cm³/mol. The molecule has 0 spiro atoms. The van der Waals surface area contributed by atoms with E-state index in [0.717, 1.165) is 19.3 Å². The standard InChI is InChI=1S/C15H31O4P/c1-2-3-4-5-6-7-8-9-10-11-13(17)15(19,20)14(18)12-16/h14,16,18-19H,2-12,20H2,1H3. The first-order chi connectivity index (χ1) is 9.46. The maximum Gasteiger partial charge on any atom is 0.170 e. The second-order valence-corrected chi connectivity index (χ2v) is 6.41. The highest BCUT2D eigenvalue weighted by atomic mass is 31.0. The molecular weight excluding hydrogens is 275 g/mol. The van der Waals surface area contributed by atoms with Gasteiger partial charge in [0.1, 0.15) is 6.10 Å². The van der Waals surface area contributed by atoms with Crippen molar-refractivity contribution in [3.05, 3.63) is 0 Å². The normalized spacial score (nSPS) is 15.8. The van der Waals surface area contributed by atoms with E-state index in [0.29, 0.717) is 0 Å². The molecule has 0 fully saturated rings. The zero-order valence-corrected chi connectivity index (χ0v) is 13.8. The Morgan fingerprint density at radius 3 is 1.95 bits per heavy atom. The van der Waals surface area contributed by atoms with Crippen LogP contribution in [0.25, 0.3) is 0 Å². The van der Waals surface area contributed by atoms with Crippen molar-refractivity contribution in [2.24, 2.45) is 0 Å². The van der Waals surface area contributed by atoms with Gasteiger partial charge in [-0.15, -0.1) is 0 Å². The number of aliphatic hydroxyl groups excluding tert-OH is 2. The van der Waals surface area contributed by atoms with Crippen LogP contribution in [0.3, 0.4) is 0 Å². The first-order valence-corrected chi connectivity index (χ1v) is 8.38. The summed E-state index contributed by atoms with van der Waals surface area (Å²) < 4.78 is 0. The summed E-state index contributed by atoms with van der Waals surface area (Å²) >= 11 is 0. The molecule has 0 bridgehead atoms. The number of rotatable bonds is 13. The zero-order chi connectivity index (χ0) is 15.4. The number of hydrogen-bond donors (Lipinski definition) is 3. The van der Waals surface area contributed by atoms with Crippen molar-refractivity contribution in [1.29, 1.82) is 0 Å². The van der Waals surface area contributed by atoms with E-state index in [9.17, 15) is 15.0 Å². The Morgan fingerprint density at radius 1 is 1.05 bits per heavy atom. The Bertz CT molecular complexity index is 256. The van der Waals surface area contributed by atoms with Crippen LogP contribution in [0.15, 0.2) is 0 Å². The lowest BCUT2D eigenvalue weighted by atomic mass is 10.0. The molecule has 0 aromatic heterocycles. The van der Waals surface area contributed by atoms with E-state index in [4.69, 9.17) is 5.11 Å². The van der Waals surface area contributed by atoms with E-state index in [1.807, 2.05) is 9.24 Å². The lowest BCUT2D eigenvalue weighted by Gasteiger charge is -2.25. The van der Waals surface area contributed by atoms with Gasteiger partial charge in [0, 0.05) is 6.42 Å². The highest BCUT2D eigenvalue weighted by Gasteiger charge is 2.37. The molecule has 0 saturated heterocycles. The molecule has 0 aromatic rings. The van der Waals surface area contributed by atoms with Crippen molar-refractivity contribution >= 4 is 15.0 Å². The van der Waals surface area contributed by atoms with Gasteiger partial charge in [0.05, 0.1) is 6.61 Å². The second kappa shape index (κ2) is 11.6. The van der Waals surface area contributed by atoms with Crippen LogP contribution in [-0.2, 0) is 4.79 Å². The maximum absolute atomic E-state index is 11.7. The van der Waals surface area contributed by atoms with Gasteiger partial charge in [0.25, 0.3) is 0 Å². The van der Waals surface area contributed by atoms with Gasteiger partial charge in [-0.05, 0) is 6.42 Å². The van der Waals surface area contributed by atoms with Crippen LogP contribution < -0.4 is 0 Å². The number of unbranched alkanes of at least 4 members (excludes halogenated alkanes) is 8. The van der Waals surface area contributed by atoms with Crippen LogP contribution >= 0.6 is 9.24 Å². The molecule has 0 aliphatic rings. The summed E-state index contributed by atoms with van der Waals surface area (Å²) in [4.78, 5) is 11.7. The van der Waals surface area contributed by atoms with Crippen molar-refractivity contribution in [1.82, 2.24) is 0 Å². The van der Waals surface area contributed by atoms with Crippen molar-refractivity contribution in [3.8, 4) is 0 Å². The lowest BCUT2D eigenvalue weighted by Crippen LogP contribution is -2.45. The third-order valence-electron chi connectivity index (χ3n) is 3.64. The summed E-state index contributed by atoms with van der Waals surface area (Å²) in [5.41, 5.74) is 0. The Hall–Kier alpha value is -0.0200. The molecule has 0 amide bonds. The monoisotopic (exact) mass is 306 g/mol. The molecule has 0 radical (unpaired) electrons. The molecule has 3 N–H and O–H groups in total. The first kappa shape index (κ1) is 20.0. The van der Waals surface area contributed by atoms with Gasteiger partial charge in [-0.1, -0.05) is 67.5 Å². The SMILES string of the molecule is CCCCCCCCCCCC(=O)C(O)(P)C(O)CO. The Balaban J connectivity index is 3.58. The van der Waals surface area contributed by atoms with Gasteiger partial charge in [-0.3, -0.25) is 4.79 Å². The minimum absolute atomic E-state index is 0.243. The second-order valence-electron chi connectivity index (χ2n) is 5.53. The fraction of sp³-hybridized carbons (Fsp3) is 0.933. The van der Waals surface area contributed by atoms with E-state index in [1.165, 1.54) is 38.5 Å². The molecule has 4 nitrogen and oxygen atoms in total. The maximum atomic E-state index is 11.7. The summed E-state index contributed by atoms with van der Waals surface area (Å²) in [6, 6.07) is 0. The van der Waals surface area contributed by atoms with Crippen LogP contribution in [-0.4, -0.2) is 39.2 Å². The van der Waals surface area contributed by atoms with E-state index in [1.54, 1.807) is 0 Å². The van der Waals surface area contributed by atoms with Gasteiger partial charge in [-0.25, -0.2) is 0 Å². The zero-order valence-electron chi connectivity index (χ0n) is 12.7. The third kappa shape index (κ3) is 8.31. The molecule has 0 saturated carbocycles. The number of hydrogen-bond acceptors (Lipinski definition) is 4. The van der Waals surface area contributed by atoms with E-state index < -0.39 is 23.8 Å². The number of ketones is 1. The lowest BCUT2D eigenvalue weighted by molar-refractivity contribution is -0.139. The summed E-state index contributed by atoms with van der Waals surface area (Å²) in [6.45, 7) is 1.58. The van der Waals surface area contributed by atoms with Crippen LogP contribution in [0.5, 0.6) is 0 Å². The number of carbonyl (C=O) groups excluding carboxylic acids is 1. The Kier molecular flexibility index (Phi) is 11.6. The van der Waals surface area contributed by atoms with Gasteiger partial charge in [0.15, 0.2) is 11.1 Å². The van der Waals surface area contributed by atoms with Crippen LogP contribution in [0, 0.1) is 0 Å². The van der Waals surface area contributed by atoms with Gasteiger partial charge < -0.3 is 15.3 Å².